The zero-order valence-electron chi connectivity index (χ0n) is 11.5. The Balaban J connectivity index is 2.29. The molecule has 19 heavy (non-hydrogen) atoms. The van der Waals surface area contributed by atoms with Crippen LogP contribution in [-0.4, -0.2) is 44.5 Å². The lowest BCUT2D eigenvalue weighted by Crippen LogP contribution is -2.32. The van der Waals surface area contributed by atoms with Crippen molar-refractivity contribution in [3.63, 3.8) is 0 Å². The second-order valence-electron chi connectivity index (χ2n) is 4.60. The van der Waals surface area contributed by atoms with E-state index in [1.807, 2.05) is 13.8 Å². The monoisotopic (exact) mass is 263 g/mol. The van der Waals surface area contributed by atoms with Gasteiger partial charge in [0.15, 0.2) is 11.2 Å². The molecule has 0 aliphatic rings. The van der Waals surface area contributed by atoms with E-state index in [1.165, 1.54) is 13.4 Å². The van der Waals surface area contributed by atoms with Gasteiger partial charge in [0, 0.05) is 13.0 Å². The third-order valence-electron chi connectivity index (χ3n) is 2.80. The van der Waals surface area contributed by atoms with E-state index in [4.69, 9.17) is 4.74 Å². The van der Waals surface area contributed by atoms with Crippen LogP contribution in [0.15, 0.2) is 12.7 Å². The molecule has 0 bridgehead atoms. The first-order valence-corrected chi connectivity index (χ1v) is 5.99. The van der Waals surface area contributed by atoms with Crippen LogP contribution in [0, 0.1) is 5.92 Å². The smallest absolute Gasteiger partial charge is 0.245 e. The van der Waals surface area contributed by atoms with E-state index in [0.717, 1.165) is 0 Å². The molecule has 0 fully saturated rings. The Morgan fingerprint density at radius 3 is 2.79 bits per heavy atom. The number of aromatic nitrogens is 4. The molecule has 0 aromatic carbocycles. The summed E-state index contributed by atoms with van der Waals surface area (Å²) in [5.41, 5.74) is 1.24. The number of fused-ring (bicyclic) bond motifs is 1. The van der Waals surface area contributed by atoms with Gasteiger partial charge in [-0.15, -0.1) is 0 Å². The molecule has 102 valence electrons. The molecule has 0 saturated carbocycles. The number of imidazole rings is 1. The Morgan fingerprint density at radius 1 is 1.42 bits per heavy atom. The molecule has 1 amide bonds. The molecule has 0 N–H and O–H groups in total. The second-order valence-corrected chi connectivity index (χ2v) is 4.60. The van der Waals surface area contributed by atoms with Crippen molar-refractivity contribution < 1.29 is 9.53 Å². The van der Waals surface area contributed by atoms with Crippen molar-refractivity contribution in [3.05, 3.63) is 12.7 Å². The fourth-order valence-electron chi connectivity index (χ4n) is 1.85. The first kappa shape index (κ1) is 13.3. The predicted molar refractivity (Wildman–Crippen MR) is 69.5 cm³/mol. The van der Waals surface area contributed by atoms with Crippen molar-refractivity contribution in [1.82, 2.24) is 24.4 Å². The number of ether oxygens (including phenoxy) is 1. The Hall–Kier alpha value is -2.18. The van der Waals surface area contributed by atoms with Crippen LogP contribution < -0.4 is 4.74 Å². The summed E-state index contributed by atoms with van der Waals surface area (Å²) >= 11 is 0. The van der Waals surface area contributed by atoms with Crippen molar-refractivity contribution >= 4 is 17.1 Å². The fourth-order valence-corrected chi connectivity index (χ4v) is 1.85. The van der Waals surface area contributed by atoms with Crippen LogP contribution >= 0.6 is 0 Å². The molecule has 2 rings (SSSR count). The first-order valence-electron chi connectivity index (χ1n) is 5.99. The molecule has 0 unspecified atom stereocenters. The second kappa shape index (κ2) is 5.21. The van der Waals surface area contributed by atoms with E-state index in [1.54, 1.807) is 22.8 Å². The van der Waals surface area contributed by atoms with Gasteiger partial charge in [0.1, 0.15) is 6.33 Å². The largest absolute Gasteiger partial charge is 0.479 e. The van der Waals surface area contributed by atoms with E-state index in [-0.39, 0.29) is 11.8 Å². The molecule has 2 aromatic rings. The van der Waals surface area contributed by atoms with Crippen molar-refractivity contribution in [2.75, 3.05) is 14.2 Å². The number of nitrogens with zero attached hydrogens (tertiary/aromatic N) is 5. The number of amides is 1. The first-order chi connectivity index (χ1) is 9.04. The minimum absolute atomic E-state index is 0.0380. The fraction of sp³-hybridized carbons (Fsp3) is 0.500. The van der Waals surface area contributed by atoms with Crippen LogP contribution in [0.5, 0.6) is 5.88 Å². The molecule has 0 radical (unpaired) electrons. The van der Waals surface area contributed by atoms with Gasteiger partial charge in [-0.3, -0.25) is 9.36 Å². The Kier molecular flexibility index (Phi) is 3.64. The summed E-state index contributed by atoms with van der Waals surface area (Å²) in [4.78, 5) is 25.9. The SMILES string of the molecule is COc1ncnc2c1ncn2CN(C)C(=O)C(C)C. The van der Waals surface area contributed by atoms with Crippen LogP contribution in [0.2, 0.25) is 0 Å². The average molecular weight is 263 g/mol. The molecular formula is C12H17N5O2. The molecule has 0 aliphatic heterocycles. The van der Waals surface area contributed by atoms with Gasteiger partial charge in [-0.25, -0.2) is 9.97 Å². The third kappa shape index (κ3) is 2.49. The van der Waals surface area contributed by atoms with Gasteiger partial charge < -0.3 is 9.64 Å². The number of hydrogen-bond donors (Lipinski definition) is 0. The number of carbonyl (C=O) groups is 1. The topological polar surface area (TPSA) is 73.1 Å². The molecule has 0 saturated heterocycles. The number of carbonyl (C=O) groups excluding carboxylic acids is 1. The van der Waals surface area contributed by atoms with Gasteiger partial charge in [-0.1, -0.05) is 13.8 Å². The van der Waals surface area contributed by atoms with E-state index in [9.17, 15) is 4.79 Å². The van der Waals surface area contributed by atoms with E-state index in [2.05, 4.69) is 15.0 Å². The zero-order valence-corrected chi connectivity index (χ0v) is 11.5. The highest BCUT2D eigenvalue weighted by Gasteiger charge is 2.16. The molecule has 7 nitrogen and oxygen atoms in total. The molecule has 2 aromatic heterocycles. The lowest BCUT2D eigenvalue weighted by Gasteiger charge is -2.19. The maximum absolute atomic E-state index is 11.9. The molecule has 7 heteroatoms. The van der Waals surface area contributed by atoms with Gasteiger partial charge >= 0.3 is 0 Å². The average Bonchev–Trinajstić information content (AvgIpc) is 2.80. The standard InChI is InChI=1S/C12H17N5O2/c1-8(2)12(18)16(3)7-17-6-15-9-10(17)13-5-14-11(9)19-4/h5-6,8H,7H2,1-4H3. The summed E-state index contributed by atoms with van der Waals surface area (Å²) in [6.07, 6.45) is 3.05. The van der Waals surface area contributed by atoms with Crippen LogP contribution in [0.3, 0.4) is 0 Å². The molecule has 0 spiro atoms. The van der Waals surface area contributed by atoms with Crippen LogP contribution in [-0.2, 0) is 11.5 Å². The Morgan fingerprint density at radius 2 is 2.16 bits per heavy atom. The minimum Gasteiger partial charge on any atom is -0.479 e. The summed E-state index contributed by atoms with van der Waals surface area (Å²) in [5, 5.41) is 0. The lowest BCUT2D eigenvalue weighted by atomic mass is 10.2. The third-order valence-corrected chi connectivity index (χ3v) is 2.80. The van der Waals surface area contributed by atoms with Crippen molar-refractivity contribution in [3.8, 4) is 5.88 Å². The van der Waals surface area contributed by atoms with E-state index >= 15 is 0 Å². The van der Waals surface area contributed by atoms with Crippen molar-refractivity contribution in [2.45, 2.75) is 20.5 Å². The van der Waals surface area contributed by atoms with Gasteiger partial charge in [0.05, 0.1) is 20.1 Å². The molecule has 0 atom stereocenters. The highest BCUT2D eigenvalue weighted by Crippen LogP contribution is 2.19. The maximum atomic E-state index is 11.9. The minimum atomic E-state index is -0.0380. The van der Waals surface area contributed by atoms with E-state index < -0.39 is 0 Å². The summed E-state index contributed by atoms with van der Waals surface area (Å²) in [6.45, 7) is 4.14. The zero-order chi connectivity index (χ0) is 14.0. The normalized spacial score (nSPS) is 11.0. The maximum Gasteiger partial charge on any atom is 0.245 e. The van der Waals surface area contributed by atoms with Gasteiger partial charge in [-0.05, 0) is 0 Å². The summed E-state index contributed by atoms with van der Waals surface area (Å²) in [5.74, 6) is 0.466. The van der Waals surface area contributed by atoms with Gasteiger partial charge in [-0.2, -0.15) is 4.98 Å². The van der Waals surface area contributed by atoms with Crippen LogP contribution in [0.25, 0.3) is 11.2 Å². The lowest BCUT2D eigenvalue weighted by molar-refractivity contribution is -0.134. The Bertz CT molecular complexity index is 593. The summed E-state index contributed by atoms with van der Waals surface area (Å²) < 4.78 is 6.92. The predicted octanol–water partition coefficient (Wildman–Crippen LogP) is 0.907. The highest BCUT2D eigenvalue weighted by atomic mass is 16.5. The molecular weight excluding hydrogens is 246 g/mol. The molecule has 2 heterocycles. The summed E-state index contributed by atoms with van der Waals surface area (Å²) in [6, 6.07) is 0. The number of rotatable bonds is 4. The van der Waals surface area contributed by atoms with Crippen molar-refractivity contribution in [1.29, 1.82) is 0 Å². The van der Waals surface area contributed by atoms with Crippen LogP contribution in [0.4, 0.5) is 0 Å². The summed E-state index contributed by atoms with van der Waals surface area (Å²) in [7, 11) is 3.29. The van der Waals surface area contributed by atoms with Gasteiger partial charge in [0.2, 0.25) is 11.8 Å². The van der Waals surface area contributed by atoms with Gasteiger partial charge in [0.25, 0.3) is 0 Å². The van der Waals surface area contributed by atoms with Crippen LogP contribution in [0.1, 0.15) is 13.8 Å². The quantitative estimate of drug-likeness (QED) is 0.819. The number of hydrogen-bond acceptors (Lipinski definition) is 5. The molecule has 0 aliphatic carbocycles. The Labute approximate surface area is 111 Å². The number of methoxy groups -OCH3 is 1. The van der Waals surface area contributed by atoms with E-state index in [0.29, 0.717) is 23.7 Å². The highest BCUT2D eigenvalue weighted by molar-refractivity contribution is 5.78. The van der Waals surface area contributed by atoms with Crippen molar-refractivity contribution in [2.24, 2.45) is 5.92 Å².